The number of piperidine rings is 1. The van der Waals surface area contributed by atoms with Crippen LogP contribution in [-0.4, -0.2) is 43.4 Å². The van der Waals surface area contributed by atoms with E-state index in [-0.39, 0.29) is 11.9 Å². The SMILES string of the molecule is COC(=O)[C@H](c1ccccc1)[C@]1(O)C[C@@H](C)[NH+](C)C[C@H]1C. The van der Waals surface area contributed by atoms with Crippen molar-refractivity contribution >= 4 is 5.97 Å². The highest BCUT2D eigenvalue weighted by Gasteiger charge is 2.52. The van der Waals surface area contributed by atoms with Crippen LogP contribution in [0, 0.1) is 5.92 Å². The van der Waals surface area contributed by atoms with Gasteiger partial charge in [0.15, 0.2) is 0 Å². The number of nitrogens with one attached hydrogen (secondary N) is 1. The van der Waals surface area contributed by atoms with Crippen LogP contribution in [0.5, 0.6) is 0 Å². The van der Waals surface area contributed by atoms with Crippen LogP contribution in [0.25, 0.3) is 0 Å². The van der Waals surface area contributed by atoms with Gasteiger partial charge in [-0.05, 0) is 12.5 Å². The van der Waals surface area contributed by atoms with Crippen molar-refractivity contribution in [1.82, 2.24) is 0 Å². The lowest BCUT2D eigenvalue weighted by Crippen LogP contribution is -3.15. The maximum Gasteiger partial charge on any atom is 0.316 e. The van der Waals surface area contributed by atoms with Gasteiger partial charge in [-0.2, -0.15) is 0 Å². The molecule has 0 aliphatic carbocycles. The summed E-state index contributed by atoms with van der Waals surface area (Å²) in [6.07, 6.45) is 0.592. The quantitative estimate of drug-likeness (QED) is 0.803. The molecule has 1 heterocycles. The molecule has 1 aromatic carbocycles. The minimum absolute atomic E-state index is 0.0259. The number of benzene rings is 1. The summed E-state index contributed by atoms with van der Waals surface area (Å²) in [4.78, 5) is 13.8. The summed E-state index contributed by atoms with van der Waals surface area (Å²) in [6, 6.07) is 9.78. The smallest absolute Gasteiger partial charge is 0.316 e. The summed E-state index contributed by atoms with van der Waals surface area (Å²) >= 11 is 0. The lowest BCUT2D eigenvalue weighted by Gasteiger charge is -2.46. The second kappa shape index (κ2) is 6.16. The van der Waals surface area contributed by atoms with E-state index in [1.165, 1.54) is 12.0 Å². The van der Waals surface area contributed by atoms with E-state index in [0.29, 0.717) is 12.5 Å². The fraction of sp³-hybridized carbons (Fsp3) is 0.588. The molecular weight excluding hydrogens is 266 g/mol. The molecule has 1 saturated heterocycles. The van der Waals surface area contributed by atoms with Gasteiger partial charge in [0.2, 0.25) is 0 Å². The molecule has 0 bridgehead atoms. The second-order valence-corrected chi connectivity index (χ2v) is 6.41. The van der Waals surface area contributed by atoms with Crippen LogP contribution in [0.3, 0.4) is 0 Å². The third-order valence-electron chi connectivity index (χ3n) is 5.03. The standard InChI is InChI=1S/C17H25NO3/c1-12-11-18(3)13(2)10-17(12,20)15(16(19)21-4)14-8-6-5-7-9-14/h5-9,12-13,15,20H,10-11H2,1-4H3/p+1/t12-,13-,15+,17+/m1/s1. The van der Waals surface area contributed by atoms with Crippen molar-refractivity contribution < 1.29 is 19.5 Å². The fourth-order valence-electron chi connectivity index (χ4n) is 3.52. The zero-order valence-corrected chi connectivity index (χ0v) is 13.3. The van der Waals surface area contributed by atoms with Gasteiger partial charge in [0.05, 0.1) is 32.3 Å². The van der Waals surface area contributed by atoms with Crippen LogP contribution in [0.1, 0.15) is 31.7 Å². The predicted octanol–water partition coefficient (Wildman–Crippen LogP) is 0.617. The fourth-order valence-corrected chi connectivity index (χ4v) is 3.52. The summed E-state index contributed by atoms with van der Waals surface area (Å²) in [6.45, 7) is 4.98. The molecule has 2 rings (SSSR count). The Morgan fingerprint density at radius 2 is 2.00 bits per heavy atom. The number of carbonyl (C=O) groups excluding carboxylic acids is 1. The second-order valence-electron chi connectivity index (χ2n) is 6.41. The van der Waals surface area contributed by atoms with E-state index in [4.69, 9.17) is 4.74 Å². The minimum atomic E-state index is -1.06. The van der Waals surface area contributed by atoms with Crippen LogP contribution in [0.4, 0.5) is 0 Å². The van der Waals surface area contributed by atoms with Gasteiger partial charge >= 0.3 is 5.97 Å². The zero-order chi connectivity index (χ0) is 15.6. The molecule has 1 unspecified atom stereocenters. The Balaban J connectivity index is 2.42. The predicted molar refractivity (Wildman–Crippen MR) is 81.1 cm³/mol. The van der Waals surface area contributed by atoms with Crippen molar-refractivity contribution in [2.24, 2.45) is 5.92 Å². The van der Waals surface area contributed by atoms with Crippen LogP contribution in [0.15, 0.2) is 30.3 Å². The van der Waals surface area contributed by atoms with Crippen molar-refractivity contribution in [3.05, 3.63) is 35.9 Å². The molecule has 116 valence electrons. The van der Waals surface area contributed by atoms with E-state index in [1.54, 1.807) is 0 Å². The monoisotopic (exact) mass is 292 g/mol. The average molecular weight is 292 g/mol. The molecule has 0 spiro atoms. The number of esters is 1. The summed E-state index contributed by atoms with van der Waals surface area (Å²) in [5, 5.41) is 11.3. The van der Waals surface area contributed by atoms with Gasteiger partial charge < -0.3 is 14.7 Å². The normalized spacial score (nSPS) is 34.2. The number of methoxy groups -OCH3 is 1. The largest absolute Gasteiger partial charge is 0.468 e. The number of carbonyl (C=O) groups is 1. The van der Waals surface area contributed by atoms with Gasteiger partial charge in [-0.1, -0.05) is 37.3 Å². The Hall–Kier alpha value is -1.39. The summed E-state index contributed by atoms with van der Waals surface area (Å²) in [7, 11) is 3.52. The number of aliphatic hydroxyl groups is 1. The van der Waals surface area contributed by atoms with Gasteiger partial charge in [0.1, 0.15) is 5.92 Å². The lowest BCUT2D eigenvalue weighted by atomic mass is 9.68. The van der Waals surface area contributed by atoms with E-state index in [9.17, 15) is 9.90 Å². The Labute approximate surface area is 126 Å². The molecule has 0 amide bonds. The highest BCUT2D eigenvalue weighted by Crippen LogP contribution is 2.39. The third kappa shape index (κ3) is 2.97. The number of ether oxygens (including phenoxy) is 1. The van der Waals surface area contributed by atoms with Gasteiger partial charge in [0, 0.05) is 12.3 Å². The molecule has 0 aromatic heterocycles. The number of hydrogen-bond donors (Lipinski definition) is 2. The minimum Gasteiger partial charge on any atom is -0.468 e. The molecule has 1 fully saturated rings. The Morgan fingerprint density at radius 1 is 1.38 bits per heavy atom. The Morgan fingerprint density at radius 3 is 2.57 bits per heavy atom. The van der Waals surface area contributed by atoms with E-state index in [1.807, 2.05) is 37.3 Å². The summed E-state index contributed by atoms with van der Waals surface area (Å²) in [5.74, 6) is -0.963. The van der Waals surface area contributed by atoms with Crippen molar-refractivity contribution in [3.63, 3.8) is 0 Å². The lowest BCUT2D eigenvalue weighted by molar-refractivity contribution is -0.916. The highest BCUT2D eigenvalue weighted by atomic mass is 16.5. The molecule has 2 N–H and O–H groups in total. The number of rotatable bonds is 3. The van der Waals surface area contributed by atoms with E-state index >= 15 is 0 Å². The molecule has 4 nitrogen and oxygen atoms in total. The van der Waals surface area contributed by atoms with Gasteiger partial charge in [-0.3, -0.25) is 4.79 Å². The number of hydrogen-bond acceptors (Lipinski definition) is 3. The molecule has 21 heavy (non-hydrogen) atoms. The van der Waals surface area contributed by atoms with E-state index in [0.717, 1.165) is 12.1 Å². The van der Waals surface area contributed by atoms with Crippen LogP contribution in [0.2, 0.25) is 0 Å². The first kappa shape index (κ1) is 16.0. The molecule has 0 saturated carbocycles. The van der Waals surface area contributed by atoms with Crippen molar-refractivity contribution in [3.8, 4) is 0 Å². The van der Waals surface area contributed by atoms with Crippen LogP contribution in [-0.2, 0) is 9.53 Å². The number of likely N-dealkylation sites (tertiary alicyclic amines) is 1. The molecule has 0 radical (unpaired) electrons. The maximum atomic E-state index is 12.4. The third-order valence-corrected chi connectivity index (χ3v) is 5.03. The van der Waals surface area contributed by atoms with Gasteiger partial charge in [0.25, 0.3) is 0 Å². The van der Waals surface area contributed by atoms with E-state index < -0.39 is 11.5 Å². The van der Waals surface area contributed by atoms with Crippen molar-refractivity contribution in [1.29, 1.82) is 0 Å². The molecule has 5 atom stereocenters. The van der Waals surface area contributed by atoms with Gasteiger partial charge in [-0.25, -0.2) is 0 Å². The Bertz CT molecular complexity index is 490. The summed E-state index contributed by atoms with van der Waals surface area (Å²) in [5.41, 5.74) is -0.238. The van der Waals surface area contributed by atoms with Crippen molar-refractivity contribution in [2.75, 3.05) is 20.7 Å². The molecule has 1 aromatic rings. The first-order chi connectivity index (χ1) is 9.90. The zero-order valence-electron chi connectivity index (χ0n) is 13.3. The molecule has 4 heteroatoms. The molecular formula is C17H26NO3+. The first-order valence-corrected chi connectivity index (χ1v) is 7.57. The molecule has 1 aliphatic heterocycles. The first-order valence-electron chi connectivity index (χ1n) is 7.57. The molecule has 1 aliphatic rings. The van der Waals surface area contributed by atoms with E-state index in [2.05, 4.69) is 14.0 Å². The van der Waals surface area contributed by atoms with Gasteiger partial charge in [-0.15, -0.1) is 0 Å². The Kier molecular flexibility index (Phi) is 4.69. The van der Waals surface area contributed by atoms with Crippen LogP contribution < -0.4 is 4.90 Å². The van der Waals surface area contributed by atoms with Crippen molar-refractivity contribution in [2.45, 2.75) is 37.8 Å². The highest BCUT2D eigenvalue weighted by molar-refractivity contribution is 5.79. The number of quaternary nitrogens is 1. The maximum absolute atomic E-state index is 12.4. The van der Waals surface area contributed by atoms with Crippen LogP contribution >= 0.6 is 0 Å². The summed E-state index contributed by atoms with van der Waals surface area (Å²) < 4.78 is 4.99. The average Bonchev–Trinajstić information content (AvgIpc) is 2.46. The topological polar surface area (TPSA) is 51.0 Å².